The number of methoxy groups -OCH3 is 1. The van der Waals surface area contributed by atoms with Crippen LogP contribution in [0.4, 0.5) is 0 Å². The lowest BCUT2D eigenvalue weighted by atomic mass is 9.73. The number of nitrogens with zero attached hydrogens (tertiary/aromatic N) is 2. The van der Waals surface area contributed by atoms with Crippen LogP contribution in [0.3, 0.4) is 0 Å². The van der Waals surface area contributed by atoms with E-state index in [2.05, 4.69) is 150 Å². The molecule has 0 N–H and O–H groups in total. The van der Waals surface area contributed by atoms with Crippen LogP contribution in [0.2, 0.25) is 54.4 Å². The minimum atomic E-state index is -2.34. The third-order valence-corrected chi connectivity index (χ3v) is 27.7. The fourth-order valence-corrected chi connectivity index (χ4v) is 10.9. The smallest absolute Gasteiger partial charge is 0.308 e. The molecule has 0 radical (unpaired) electrons. The van der Waals surface area contributed by atoms with Crippen molar-refractivity contribution in [1.82, 2.24) is 9.55 Å². The number of allylic oxidation sites excluding steroid dienone is 1. The molecule has 0 aliphatic carbocycles. The molecule has 332 valence electrons. The lowest BCUT2D eigenvalue weighted by molar-refractivity contribution is -0.148. The second kappa shape index (κ2) is 19.4. The second-order valence-corrected chi connectivity index (χ2v) is 36.6. The third-order valence-electron chi connectivity index (χ3n) is 14.3. The maximum Gasteiger partial charge on any atom is 0.308 e. The van der Waals surface area contributed by atoms with E-state index in [-0.39, 0.29) is 51.4 Å². The standard InChI is InChI=1S/C47H86N2O6Si3/c1-33(27-25-23-24-26-28-39(53-56(17,18)44(4,5)6)36-29-30-38-37(31-36)48-35(3)49(38)15)42(55-58(21,22)46(10,11)12)34(2)43(51)47(13,14)40(32-41(50)52-16)54-57(19,20)45(7,8)9/h24,26,29-31,33-34,39-40,42H,23,25,27-28,32H2,1-22H3/t33-,34+,39-,40-,42-/m0/s1. The fourth-order valence-electron chi connectivity index (χ4n) is 6.72. The Morgan fingerprint density at radius 2 is 1.31 bits per heavy atom. The molecule has 8 nitrogen and oxygen atoms in total. The summed E-state index contributed by atoms with van der Waals surface area (Å²) in [5.74, 6) is 0.450. The molecule has 0 bridgehead atoms. The van der Waals surface area contributed by atoms with Crippen molar-refractivity contribution in [2.24, 2.45) is 24.3 Å². The average molecular weight is 859 g/mol. The maximum absolute atomic E-state index is 14.8. The van der Waals surface area contributed by atoms with E-state index in [1.54, 1.807) is 0 Å². The lowest BCUT2D eigenvalue weighted by Crippen LogP contribution is -2.54. The number of ketones is 1. The molecular weight excluding hydrogens is 773 g/mol. The van der Waals surface area contributed by atoms with Crippen LogP contribution in [-0.4, -0.2) is 65.6 Å². The van der Waals surface area contributed by atoms with Crippen molar-refractivity contribution < 1.29 is 27.6 Å². The minimum Gasteiger partial charge on any atom is -0.469 e. The Bertz CT molecular complexity index is 1710. The van der Waals surface area contributed by atoms with Gasteiger partial charge in [-0.2, -0.15) is 0 Å². The van der Waals surface area contributed by atoms with Crippen molar-refractivity contribution >= 4 is 47.7 Å². The molecule has 1 aromatic heterocycles. The SMILES string of the molecule is COC(=O)C[C@H](O[Si](C)(C)C(C)(C)C)C(C)(C)C(=O)[C@H](C)[C@@H](O[Si](C)(C)C(C)(C)C)[C@@H](C)CCCC=CC[C@H](O[Si](C)(C)C(C)(C)C)c1ccc2c(c1)nc(C)n2C. The highest BCUT2D eigenvalue weighted by atomic mass is 28.4. The first-order valence-corrected chi connectivity index (χ1v) is 30.6. The van der Waals surface area contributed by atoms with Gasteiger partial charge in [0.2, 0.25) is 0 Å². The molecule has 0 fully saturated rings. The summed E-state index contributed by atoms with van der Waals surface area (Å²) >= 11 is 0. The van der Waals surface area contributed by atoms with Crippen LogP contribution < -0.4 is 0 Å². The molecule has 1 heterocycles. The Hall–Kier alpha value is -1.90. The Morgan fingerprint density at radius 3 is 1.83 bits per heavy atom. The van der Waals surface area contributed by atoms with Crippen LogP contribution >= 0.6 is 0 Å². The Morgan fingerprint density at radius 1 is 0.793 bits per heavy atom. The zero-order valence-corrected chi connectivity index (χ0v) is 44.2. The van der Waals surface area contributed by atoms with Crippen molar-refractivity contribution in [2.75, 3.05) is 7.11 Å². The number of hydrogen-bond acceptors (Lipinski definition) is 7. The van der Waals surface area contributed by atoms with E-state index in [0.29, 0.717) is 0 Å². The van der Waals surface area contributed by atoms with Gasteiger partial charge in [0.05, 0.1) is 42.9 Å². The molecular formula is C47H86N2O6Si3. The number of carbonyl (C=O) groups is 2. The number of benzene rings is 1. The van der Waals surface area contributed by atoms with Crippen LogP contribution in [-0.2, 0) is 34.7 Å². The van der Waals surface area contributed by atoms with Crippen LogP contribution in [0.15, 0.2) is 30.4 Å². The summed E-state index contributed by atoms with van der Waals surface area (Å²) in [6, 6.07) is 6.59. The topological polar surface area (TPSA) is 88.9 Å². The molecule has 0 saturated heterocycles. The number of Topliss-reactive ketones (excluding diaryl/α,β-unsaturated/α-hetero) is 1. The van der Waals surface area contributed by atoms with Crippen LogP contribution in [0.25, 0.3) is 11.0 Å². The first-order chi connectivity index (χ1) is 26.1. The number of esters is 1. The summed E-state index contributed by atoms with van der Waals surface area (Å²) in [4.78, 5) is 32.4. The van der Waals surface area contributed by atoms with Gasteiger partial charge in [0, 0.05) is 18.4 Å². The molecule has 0 aliphatic heterocycles. The number of aromatic nitrogens is 2. The predicted molar refractivity (Wildman–Crippen MR) is 252 cm³/mol. The molecule has 0 amide bonds. The number of hydrogen-bond donors (Lipinski definition) is 0. The summed E-state index contributed by atoms with van der Waals surface area (Å²) in [5.41, 5.74) is 2.37. The van der Waals surface area contributed by atoms with E-state index in [1.807, 2.05) is 27.7 Å². The average Bonchev–Trinajstić information content (AvgIpc) is 3.36. The van der Waals surface area contributed by atoms with Crippen molar-refractivity contribution in [1.29, 1.82) is 0 Å². The number of fused-ring (bicyclic) bond motifs is 1. The highest BCUT2D eigenvalue weighted by Gasteiger charge is 2.50. The number of ether oxygens (including phenoxy) is 1. The predicted octanol–water partition coefficient (Wildman–Crippen LogP) is 13.3. The molecule has 0 aliphatic rings. The normalized spacial score (nSPS) is 16.7. The summed E-state index contributed by atoms with van der Waals surface area (Å²) in [5, 5.41) is -0.0176. The molecule has 2 aromatic rings. The number of unbranched alkanes of at least 4 members (excludes halogenated alkanes) is 1. The molecule has 2 rings (SSSR count). The van der Waals surface area contributed by atoms with Gasteiger partial charge in [-0.1, -0.05) is 108 Å². The monoisotopic (exact) mass is 859 g/mol. The van der Waals surface area contributed by atoms with Gasteiger partial charge in [-0.05, 0) is 111 Å². The highest BCUT2D eigenvalue weighted by Crippen LogP contribution is 2.45. The zero-order valence-electron chi connectivity index (χ0n) is 41.2. The van der Waals surface area contributed by atoms with E-state index in [0.717, 1.165) is 42.5 Å². The van der Waals surface area contributed by atoms with Gasteiger partial charge in [0.25, 0.3) is 0 Å². The summed E-state index contributed by atoms with van der Waals surface area (Å²) in [6.07, 6.45) is 7.32. The quantitative estimate of drug-likeness (QED) is 0.0567. The molecule has 0 saturated carbocycles. The molecule has 1 aromatic carbocycles. The summed E-state index contributed by atoms with van der Waals surface area (Å²) < 4.78 is 28.4. The van der Waals surface area contributed by atoms with Crippen molar-refractivity contribution in [3.8, 4) is 0 Å². The molecule has 11 heteroatoms. The summed E-state index contributed by atoms with van der Waals surface area (Å²) in [6.45, 7) is 43.9. The number of carbonyl (C=O) groups excluding carboxylic acids is 2. The van der Waals surface area contributed by atoms with Crippen LogP contribution in [0, 0.1) is 24.2 Å². The van der Waals surface area contributed by atoms with E-state index in [1.165, 1.54) is 12.7 Å². The Kier molecular flexibility index (Phi) is 17.5. The van der Waals surface area contributed by atoms with Gasteiger partial charge in [-0.3, -0.25) is 9.59 Å². The van der Waals surface area contributed by atoms with Gasteiger partial charge >= 0.3 is 5.97 Å². The van der Waals surface area contributed by atoms with Crippen molar-refractivity contribution in [3.63, 3.8) is 0 Å². The third kappa shape index (κ3) is 13.1. The minimum absolute atomic E-state index is 0.0200. The van der Waals surface area contributed by atoms with Gasteiger partial charge in [-0.25, -0.2) is 4.98 Å². The number of imidazole rings is 1. The largest absolute Gasteiger partial charge is 0.469 e. The molecule has 5 atom stereocenters. The summed E-state index contributed by atoms with van der Waals surface area (Å²) in [7, 11) is -3.20. The first-order valence-electron chi connectivity index (χ1n) is 21.8. The fraction of sp³-hybridized carbons (Fsp3) is 0.766. The highest BCUT2D eigenvalue weighted by molar-refractivity contribution is 6.75. The van der Waals surface area contributed by atoms with E-state index in [9.17, 15) is 9.59 Å². The molecule has 0 unspecified atom stereocenters. The molecule has 58 heavy (non-hydrogen) atoms. The van der Waals surface area contributed by atoms with E-state index >= 15 is 0 Å². The number of rotatable bonds is 20. The maximum atomic E-state index is 14.8. The molecule has 0 spiro atoms. The lowest BCUT2D eigenvalue weighted by Gasteiger charge is -2.46. The van der Waals surface area contributed by atoms with Crippen molar-refractivity contribution in [3.05, 3.63) is 41.7 Å². The van der Waals surface area contributed by atoms with Crippen LogP contribution in [0.5, 0.6) is 0 Å². The number of aryl methyl sites for hydroxylation is 2. The Labute approximate surface area is 358 Å². The second-order valence-electron chi connectivity index (χ2n) is 22.3. The first kappa shape index (κ1) is 52.2. The van der Waals surface area contributed by atoms with Crippen molar-refractivity contribution in [2.45, 2.75) is 202 Å². The van der Waals surface area contributed by atoms with Gasteiger partial charge in [0.1, 0.15) is 11.6 Å². The van der Waals surface area contributed by atoms with E-state index < -0.39 is 42.4 Å². The van der Waals surface area contributed by atoms with Crippen LogP contribution in [0.1, 0.15) is 140 Å². The van der Waals surface area contributed by atoms with E-state index in [4.69, 9.17) is 23.0 Å². The Balaban J connectivity index is 2.35. The van der Waals surface area contributed by atoms with Gasteiger partial charge < -0.3 is 22.6 Å². The van der Waals surface area contributed by atoms with Gasteiger partial charge in [-0.15, -0.1) is 0 Å². The zero-order chi connectivity index (χ0) is 45.0. The van der Waals surface area contributed by atoms with Gasteiger partial charge in [0.15, 0.2) is 25.0 Å².